The molecule has 3 amide bonds. The minimum Gasteiger partial charge on any atom is -0.338 e. The minimum absolute atomic E-state index is 0.281. The number of benzene rings is 2. The molecule has 1 aliphatic heterocycles. The van der Waals surface area contributed by atoms with Gasteiger partial charge in [-0.15, -0.1) is 0 Å². The highest BCUT2D eigenvalue weighted by molar-refractivity contribution is 6.20. The molecule has 0 spiro atoms. The van der Waals surface area contributed by atoms with E-state index < -0.39 is 18.0 Å². The van der Waals surface area contributed by atoms with Gasteiger partial charge in [-0.2, -0.15) is 0 Å². The highest BCUT2D eigenvalue weighted by Crippen LogP contribution is 2.28. The predicted octanol–water partition coefficient (Wildman–Crippen LogP) is 2.67. The van der Waals surface area contributed by atoms with Gasteiger partial charge in [-0.05, 0) is 37.0 Å². The van der Waals surface area contributed by atoms with E-state index in [4.69, 9.17) is 0 Å². The second-order valence-corrected chi connectivity index (χ2v) is 7.07. The van der Waals surface area contributed by atoms with E-state index in [0.29, 0.717) is 29.4 Å². The van der Waals surface area contributed by atoms with Crippen molar-refractivity contribution in [3.63, 3.8) is 0 Å². The highest BCUT2D eigenvalue weighted by atomic mass is 19.1. The third-order valence-corrected chi connectivity index (χ3v) is 4.99. The fourth-order valence-electron chi connectivity index (χ4n) is 3.22. The summed E-state index contributed by atoms with van der Waals surface area (Å²) in [7, 11) is 1.62. The number of carbonyl (C=O) groups is 2. The van der Waals surface area contributed by atoms with E-state index in [9.17, 15) is 14.0 Å². The summed E-state index contributed by atoms with van der Waals surface area (Å²) in [6, 6.07) is 13.0. The Bertz CT molecular complexity index is 955. The van der Waals surface area contributed by atoms with Gasteiger partial charge >= 0.3 is 6.03 Å². The Balaban J connectivity index is 1.72. The van der Waals surface area contributed by atoms with E-state index in [-0.39, 0.29) is 11.5 Å². The summed E-state index contributed by atoms with van der Waals surface area (Å²) >= 11 is 0. The fraction of sp³-hybridized carbons (Fsp3) is 0.286. The van der Waals surface area contributed by atoms with Gasteiger partial charge in [-0.3, -0.25) is 4.79 Å². The Labute approximate surface area is 162 Å². The molecule has 6 nitrogen and oxygen atoms in total. The number of nitrogens with zero attached hydrogens (tertiary/aromatic N) is 2. The van der Waals surface area contributed by atoms with Crippen LogP contribution < -0.4 is 15.5 Å². The number of hydrogen-bond acceptors (Lipinski definition) is 3. The third-order valence-electron chi connectivity index (χ3n) is 4.99. The summed E-state index contributed by atoms with van der Waals surface area (Å²) in [5.74, 6) is -0.314. The molecule has 1 heterocycles. The Morgan fingerprint density at radius 1 is 1.14 bits per heavy atom. The first-order valence-corrected chi connectivity index (χ1v) is 9.28. The maximum Gasteiger partial charge on any atom is 0.316 e. The molecule has 1 fully saturated rings. The molecule has 0 aromatic heterocycles. The summed E-state index contributed by atoms with van der Waals surface area (Å²) < 4.78 is 14.5. The van der Waals surface area contributed by atoms with Crippen molar-refractivity contribution in [3.05, 3.63) is 65.5 Å². The molecule has 2 aliphatic rings. The molecule has 28 heavy (non-hydrogen) atoms. The second kappa shape index (κ2) is 7.42. The number of nitrogens with one attached hydrogen (secondary N) is 2. The van der Waals surface area contributed by atoms with Crippen molar-refractivity contribution in [3.8, 4) is 0 Å². The second-order valence-electron chi connectivity index (χ2n) is 7.07. The summed E-state index contributed by atoms with van der Waals surface area (Å²) in [6.07, 6.45) is 1.07. The number of amides is 3. The van der Waals surface area contributed by atoms with Crippen LogP contribution in [0.5, 0.6) is 0 Å². The number of benzodiazepines with no additional fused rings is 1. The molecule has 2 aromatic carbocycles. The molecule has 1 unspecified atom stereocenters. The predicted molar refractivity (Wildman–Crippen MR) is 105 cm³/mol. The Hall–Kier alpha value is -3.22. The van der Waals surface area contributed by atoms with Crippen LogP contribution in [0.2, 0.25) is 0 Å². The summed E-state index contributed by atoms with van der Waals surface area (Å²) in [5, 5.41) is 5.40. The molecule has 1 atom stereocenters. The molecule has 2 N–H and O–H groups in total. The lowest BCUT2D eigenvalue weighted by atomic mass is 10.00. The van der Waals surface area contributed by atoms with E-state index >= 15 is 0 Å². The van der Waals surface area contributed by atoms with Gasteiger partial charge in [-0.1, -0.05) is 30.3 Å². The average Bonchev–Trinajstić information content (AvgIpc) is 3.54. The van der Waals surface area contributed by atoms with Crippen LogP contribution in [-0.2, 0) is 4.79 Å². The van der Waals surface area contributed by atoms with Gasteiger partial charge in [0.15, 0.2) is 0 Å². The number of aliphatic imine (C=N–C) groups is 1. The van der Waals surface area contributed by atoms with Gasteiger partial charge < -0.3 is 15.5 Å². The van der Waals surface area contributed by atoms with Crippen molar-refractivity contribution in [1.29, 1.82) is 0 Å². The summed E-state index contributed by atoms with van der Waals surface area (Å²) in [5.41, 5.74) is 1.85. The summed E-state index contributed by atoms with van der Waals surface area (Å²) in [6.45, 7) is 0.576. The van der Waals surface area contributed by atoms with Crippen LogP contribution in [-0.4, -0.2) is 37.4 Å². The number of hydrogen-bond donors (Lipinski definition) is 2. The van der Waals surface area contributed by atoms with Gasteiger partial charge in [0.25, 0.3) is 5.91 Å². The number of anilines is 1. The van der Waals surface area contributed by atoms with Crippen LogP contribution in [0.3, 0.4) is 0 Å². The van der Waals surface area contributed by atoms with Crippen molar-refractivity contribution in [2.75, 3.05) is 18.5 Å². The van der Waals surface area contributed by atoms with Gasteiger partial charge in [0.2, 0.25) is 6.17 Å². The minimum atomic E-state index is -1.15. The van der Waals surface area contributed by atoms with Crippen molar-refractivity contribution in [2.24, 2.45) is 10.9 Å². The standard InChI is InChI=1S/C21H21FN4O2/c1-26-17-9-5-3-7-15(17)18(14-6-2-4-8-16(14)22)24-19(20(26)27)25-21(28)23-12-13-10-11-13/h2-9,13,19H,10-12H2,1H3,(H2,23,25,28). The molecule has 0 bridgehead atoms. The molecular weight excluding hydrogens is 359 g/mol. The summed E-state index contributed by atoms with van der Waals surface area (Å²) in [4.78, 5) is 31.1. The maximum atomic E-state index is 14.5. The fourth-order valence-corrected chi connectivity index (χ4v) is 3.22. The first-order chi connectivity index (χ1) is 13.5. The van der Waals surface area contributed by atoms with Crippen LogP contribution >= 0.6 is 0 Å². The van der Waals surface area contributed by atoms with Crippen LogP contribution in [0.4, 0.5) is 14.9 Å². The smallest absolute Gasteiger partial charge is 0.316 e. The van der Waals surface area contributed by atoms with E-state index in [1.807, 2.05) is 6.07 Å². The molecule has 0 radical (unpaired) electrons. The molecule has 4 rings (SSSR count). The number of urea groups is 1. The number of halogens is 1. The van der Waals surface area contributed by atoms with Crippen LogP contribution in [0.25, 0.3) is 0 Å². The first kappa shape index (κ1) is 18.2. The quantitative estimate of drug-likeness (QED) is 0.856. The van der Waals surface area contributed by atoms with Gasteiger partial charge in [-0.25, -0.2) is 14.2 Å². The number of rotatable bonds is 4. The van der Waals surface area contributed by atoms with Crippen LogP contribution in [0.1, 0.15) is 24.0 Å². The van der Waals surface area contributed by atoms with E-state index in [1.165, 1.54) is 11.0 Å². The topological polar surface area (TPSA) is 73.8 Å². The van der Waals surface area contributed by atoms with E-state index in [1.54, 1.807) is 43.4 Å². The van der Waals surface area contributed by atoms with E-state index in [2.05, 4.69) is 15.6 Å². The molecule has 1 saturated carbocycles. The zero-order valence-electron chi connectivity index (χ0n) is 15.5. The van der Waals surface area contributed by atoms with E-state index in [0.717, 1.165) is 12.8 Å². The number of likely N-dealkylation sites (N-methyl/N-ethyl adjacent to an activating group) is 1. The van der Waals surface area contributed by atoms with Crippen molar-refractivity contribution >= 4 is 23.3 Å². The zero-order valence-corrected chi connectivity index (χ0v) is 15.5. The normalized spacial score (nSPS) is 18.8. The van der Waals surface area contributed by atoms with Crippen molar-refractivity contribution in [2.45, 2.75) is 19.0 Å². The number of carbonyl (C=O) groups excluding carboxylic acids is 2. The molecular formula is C21H21FN4O2. The lowest BCUT2D eigenvalue weighted by Crippen LogP contribution is -2.49. The molecule has 2 aromatic rings. The lowest BCUT2D eigenvalue weighted by Gasteiger charge is -2.21. The molecule has 1 aliphatic carbocycles. The molecule has 7 heteroatoms. The largest absolute Gasteiger partial charge is 0.338 e. The number of fused-ring (bicyclic) bond motifs is 1. The monoisotopic (exact) mass is 380 g/mol. The van der Waals surface area contributed by atoms with Gasteiger partial charge in [0.1, 0.15) is 5.82 Å². The lowest BCUT2D eigenvalue weighted by molar-refractivity contribution is -0.119. The SMILES string of the molecule is CN1C(=O)C(NC(=O)NCC2CC2)N=C(c2ccccc2F)c2ccccc21. The maximum absolute atomic E-state index is 14.5. The average molecular weight is 380 g/mol. The van der Waals surface area contributed by atoms with Crippen molar-refractivity contribution < 1.29 is 14.0 Å². The Morgan fingerprint density at radius 2 is 1.82 bits per heavy atom. The Morgan fingerprint density at radius 3 is 2.54 bits per heavy atom. The first-order valence-electron chi connectivity index (χ1n) is 9.28. The number of para-hydroxylation sites is 1. The molecule has 0 saturated heterocycles. The zero-order chi connectivity index (χ0) is 19.7. The highest BCUT2D eigenvalue weighted by Gasteiger charge is 2.32. The molecule has 144 valence electrons. The van der Waals surface area contributed by atoms with Crippen LogP contribution in [0.15, 0.2) is 53.5 Å². The van der Waals surface area contributed by atoms with Gasteiger partial charge in [0.05, 0.1) is 11.4 Å². The third kappa shape index (κ3) is 3.60. The van der Waals surface area contributed by atoms with Crippen LogP contribution in [0, 0.1) is 11.7 Å². The Kier molecular flexibility index (Phi) is 4.81. The van der Waals surface area contributed by atoms with Gasteiger partial charge in [0, 0.05) is 24.7 Å². The van der Waals surface area contributed by atoms with Crippen molar-refractivity contribution in [1.82, 2.24) is 10.6 Å².